The van der Waals surface area contributed by atoms with Crippen LogP contribution >= 0.6 is 11.8 Å². The van der Waals surface area contributed by atoms with Crippen LogP contribution in [0.1, 0.15) is 18.9 Å². The van der Waals surface area contributed by atoms with Gasteiger partial charge in [-0.15, -0.1) is 0 Å². The number of phenolic OH excluding ortho intramolecular Hbond substituents is 1. The van der Waals surface area contributed by atoms with Crippen LogP contribution in [0.5, 0.6) is 5.75 Å². The number of benzene rings is 1. The average molecular weight is 238 g/mol. The number of halogens is 1. The van der Waals surface area contributed by atoms with Gasteiger partial charge in [0.2, 0.25) is 0 Å². The number of hydrogen-bond acceptors (Lipinski definition) is 3. The van der Waals surface area contributed by atoms with Crippen molar-refractivity contribution in [2.24, 2.45) is 0 Å². The standard InChI is InChI=1S/C12H11FO2S/c1-9(14)16-7-3-2-4-10-8-11(13)5-6-12(10)15/h5-6,8,15H,3,7H2,1H3. The van der Waals surface area contributed by atoms with Crippen LogP contribution in [0.4, 0.5) is 4.39 Å². The molecule has 16 heavy (non-hydrogen) atoms. The molecule has 0 aliphatic rings. The summed E-state index contributed by atoms with van der Waals surface area (Å²) < 4.78 is 12.8. The Kier molecular flexibility index (Phi) is 4.87. The van der Waals surface area contributed by atoms with E-state index >= 15 is 0 Å². The van der Waals surface area contributed by atoms with Gasteiger partial charge < -0.3 is 5.11 Å². The number of aromatic hydroxyl groups is 1. The van der Waals surface area contributed by atoms with E-state index < -0.39 is 5.82 Å². The van der Waals surface area contributed by atoms with E-state index in [1.165, 1.54) is 36.9 Å². The first-order valence-electron chi connectivity index (χ1n) is 4.70. The topological polar surface area (TPSA) is 37.3 Å². The molecule has 0 unspecified atom stereocenters. The Bertz CT molecular complexity index is 446. The molecular weight excluding hydrogens is 227 g/mol. The third kappa shape index (κ3) is 4.37. The number of hydrogen-bond donors (Lipinski definition) is 1. The van der Waals surface area contributed by atoms with Crippen LogP contribution in [-0.2, 0) is 4.79 Å². The van der Waals surface area contributed by atoms with Crippen LogP contribution in [0, 0.1) is 17.7 Å². The molecule has 0 aliphatic carbocycles. The Balaban J connectivity index is 2.56. The minimum absolute atomic E-state index is 0.0341. The zero-order valence-corrected chi connectivity index (χ0v) is 9.60. The Morgan fingerprint density at radius 2 is 2.31 bits per heavy atom. The van der Waals surface area contributed by atoms with Crippen molar-refractivity contribution in [3.63, 3.8) is 0 Å². The fourth-order valence-corrected chi connectivity index (χ4v) is 1.50. The predicted molar refractivity (Wildman–Crippen MR) is 62.7 cm³/mol. The number of thioether (sulfide) groups is 1. The van der Waals surface area contributed by atoms with Gasteiger partial charge in [-0.2, -0.15) is 0 Å². The van der Waals surface area contributed by atoms with Crippen molar-refractivity contribution in [3.8, 4) is 17.6 Å². The largest absolute Gasteiger partial charge is 0.507 e. The second-order valence-corrected chi connectivity index (χ2v) is 4.33. The highest BCUT2D eigenvalue weighted by Gasteiger charge is 1.98. The molecule has 0 radical (unpaired) electrons. The van der Waals surface area contributed by atoms with E-state index in [0.717, 1.165) is 0 Å². The summed E-state index contributed by atoms with van der Waals surface area (Å²) in [4.78, 5) is 10.6. The maximum absolute atomic E-state index is 12.8. The summed E-state index contributed by atoms with van der Waals surface area (Å²) in [5.74, 6) is 5.58. The van der Waals surface area contributed by atoms with Crippen molar-refractivity contribution in [2.45, 2.75) is 13.3 Å². The number of phenols is 1. The van der Waals surface area contributed by atoms with Crippen molar-refractivity contribution >= 4 is 16.9 Å². The van der Waals surface area contributed by atoms with Crippen molar-refractivity contribution < 1.29 is 14.3 Å². The smallest absolute Gasteiger partial charge is 0.185 e. The molecule has 1 aromatic rings. The van der Waals surface area contributed by atoms with E-state index in [9.17, 15) is 14.3 Å². The van der Waals surface area contributed by atoms with E-state index in [1.807, 2.05) is 0 Å². The fraction of sp³-hybridized carbons (Fsp3) is 0.250. The maximum atomic E-state index is 12.8. The molecule has 84 valence electrons. The van der Waals surface area contributed by atoms with E-state index in [-0.39, 0.29) is 16.4 Å². The number of carbonyl (C=O) groups excluding carboxylic acids is 1. The molecule has 4 heteroatoms. The molecule has 0 spiro atoms. The molecule has 0 aromatic heterocycles. The summed E-state index contributed by atoms with van der Waals surface area (Å²) >= 11 is 1.20. The monoisotopic (exact) mass is 238 g/mol. The second kappa shape index (κ2) is 6.19. The van der Waals surface area contributed by atoms with Crippen LogP contribution in [0.3, 0.4) is 0 Å². The zero-order chi connectivity index (χ0) is 12.0. The van der Waals surface area contributed by atoms with E-state index in [1.54, 1.807) is 0 Å². The molecular formula is C12H11FO2S. The Hall–Kier alpha value is -1.47. The molecule has 0 aliphatic heterocycles. The van der Waals surface area contributed by atoms with E-state index in [0.29, 0.717) is 12.2 Å². The van der Waals surface area contributed by atoms with Crippen molar-refractivity contribution in [1.29, 1.82) is 0 Å². The number of carbonyl (C=O) groups is 1. The molecule has 0 bridgehead atoms. The Labute approximate surface area is 97.9 Å². The zero-order valence-electron chi connectivity index (χ0n) is 8.79. The molecule has 0 fully saturated rings. The fourth-order valence-electron chi connectivity index (χ4n) is 1.01. The maximum Gasteiger partial charge on any atom is 0.185 e. The molecule has 0 heterocycles. The number of rotatable bonds is 2. The van der Waals surface area contributed by atoms with Gasteiger partial charge in [-0.05, 0) is 18.2 Å². The summed E-state index contributed by atoms with van der Waals surface area (Å²) in [5, 5.41) is 9.40. The van der Waals surface area contributed by atoms with Gasteiger partial charge in [0.25, 0.3) is 0 Å². The van der Waals surface area contributed by atoms with Crippen molar-refractivity contribution in [1.82, 2.24) is 0 Å². The van der Waals surface area contributed by atoms with Gasteiger partial charge in [0, 0.05) is 19.1 Å². The summed E-state index contributed by atoms with van der Waals surface area (Å²) in [6.07, 6.45) is 0.528. The van der Waals surface area contributed by atoms with Gasteiger partial charge in [0.1, 0.15) is 11.6 Å². The third-order valence-electron chi connectivity index (χ3n) is 1.71. The quantitative estimate of drug-likeness (QED) is 0.635. The summed E-state index contributed by atoms with van der Waals surface area (Å²) in [7, 11) is 0. The molecule has 2 nitrogen and oxygen atoms in total. The average Bonchev–Trinajstić information content (AvgIpc) is 2.22. The van der Waals surface area contributed by atoms with Crippen LogP contribution in [0.2, 0.25) is 0 Å². The lowest BCUT2D eigenvalue weighted by atomic mass is 10.2. The SMILES string of the molecule is CC(=O)SCCC#Cc1cc(F)ccc1O. The normalized spacial score (nSPS) is 9.38. The molecule has 1 rings (SSSR count). The first-order chi connectivity index (χ1) is 7.59. The van der Waals surface area contributed by atoms with E-state index in [2.05, 4.69) is 11.8 Å². The minimum atomic E-state index is -0.430. The highest BCUT2D eigenvalue weighted by atomic mass is 32.2. The molecule has 1 aromatic carbocycles. The van der Waals surface area contributed by atoms with Crippen LogP contribution in [-0.4, -0.2) is 16.0 Å². The highest BCUT2D eigenvalue weighted by molar-refractivity contribution is 8.13. The lowest BCUT2D eigenvalue weighted by Crippen LogP contribution is -1.84. The molecule has 0 amide bonds. The van der Waals surface area contributed by atoms with Crippen molar-refractivity contribution in [3.05, 3.63) is 29.6 Å². The summed E-state index contributed by atoms with van der Waals surface area (Å²) in [5.41, 5.74) is 0.271. The summed E-state index contributed by atoms with van der Waals surface area (Å²) in [6.45, 7) is 1.50. The van der Waals surface area contributed by atoms with Crippen molar-refractivity contribution in [2.75, 3.05) is 5.75 Å². The second-order valence-electron chi connectivity index (χ2n) is 3.05. The predicted octanol–water partition coefficient (Wildman–Crippen LogP) is 2.55. The van der Waals surface area contributed by atoms with Gasteiger partial charge >= 0.3 is 0 Å². The van der Waals surface area contributed by atoms with Gasteiger partial charge in [0.15, 0.2) is 5.12 Å². The minimum Gasteiger partial charge on any atom is -0.507 e. The first kappa shape index (κ1) is 12.6. The molecule has 0 saturated heterocycles. The van der Waals surface area contributed by atoms with Crippen LogP contribution in [0.25, 0.3) is 0 Å². The van der Waals surface area contributed by atoms with Gasteiger partial charge in [0.05, 0.1) is 5.56 Å². The molecule has 0 saturated carbocycles. The van der Waals surface area contributed by atoms with Crippen LogP contribution < -0.4 is 0 Å². The Morgan fingerprint density at radius 3 is 3.00 bits per heavy atom. The lowest BCUT2D eigenvalue weighted by molar-refractivity contribution is -0.109. The third-order valence-corrected chi connectivity index (χ3v) is 2.53. The summed E-state index contributed by atoms with van der Waals surface area (Å²) in [6, 6.07) is 3.62. The Morgan fingerprint density at radius 1 is 1.56 bits per heavy atom. The van der Waals surface area contributed by atoms with Gasteiger partial charge in [-0.1, -0.05) is 23.6 Å². The lowest BCUT2D eigenvalue weighted by Gasteiger charge is -1.95. The highest BCUT2D eigenvalue weighted by Crippen LogP contribution is 2.16. The molecule has 0 atom stereocenters. The van der Waals surface area contributed by atoms with Gasteiger partial charge in [-0.25, -0.2) is 4.39 Å². The first-order valence-corrected chi connectivity index (χ1v) is 5.69. The van der Waals surface area contributed by atoms with Gasteiger partial charge in [-0.3, -0.25) is 4.79 Å². The van der Waals surface area contributed by atoms with E-state index in [4.69, 9.17) is 0 Å². The van der Waals surface area contributed by atoms with Crippen LogP contribution in [0.15, 0.2) is 18.2 Å². The molecule has 1 N–H and O–H groups in total.